The highest BCUT2D eigenvalue weighted by Crippen LogP contribution is 2.15. The van der Waals surface area contributed by atoms with Gasteiger partial charge in [-0.2, -0.15) is 5.10 Å². The van der Waals surface area contributed by atoms with Gasteiger partial charge in [0.2, 0.25) is 0 Å². The number of aromatic nitrogens is 3. The molecule has 0 fully saturated rings. The van der Waals surface area contributed by atoms with Gasteiger partial charge in [-0.15, -0.1) is 0 Å². The van der Waals surface area contributed by atoms with E-state index in [2.05, 4.69) is 26.0 Å². The second-order valence-electron chi connectivity index (χ2n) is 2.70. The number of nitrogens with zero attached hydrogens (tertiary/aromatic N) is 3. The van der Waals surface area contributed by atoms with Gasteiger partial charge in [-0.3, -0.25) is 0 Å². The predicted octanol–water partition coefficient (Wildman–Crippen LogP) is 1.50. The highest BCUT2D eigenvalue weighted by atomic mass is 79.9. The van der Waals surface area contributed by atoms with E-state index < -0.39 is 0 Å². The maximum atomic E-state index is 8.61. The molecule has 1 N–H and O–H groups in total. The molecule has 2 heterocycles. The number of hydrogen-bond donors (Lipinski definition) is 1. The zero-order valence-electron chi connectivity index (χ0n) is 7.26. The lowest BCUT2D eigenvalue weighted by Gasteiger charge is -1.95. The molecule has 2 rings (SSSR count). The Balaban J connectivity index is 2.49. The number of rotatable bonds is 2. The lowest BCUT2D eigenvalue weighted by Crippen LogP contribution is -1.91. The van der Waals surface area contributed by atoms with Gasteiger partial charge < -0.3 is 5.11 Å². The third-order valence-electron chi connectivity index (χ3n) is 1.74. The van der Waals surface area contributed by atoms with E-state index in [1.165, 1.54) is 0 Å². The van der Waals surface area contributed by atoms with Crippen molar-refractivity contribution >= 4 is 27.7 Å². The molecule has 0 aliphatic carbocycles. The Morgan fingerprint density at radius 1 is 1.57 bits per heavy atom. The molecule has 0 saturated carbocycles. The first-order chi connectivity index (χ1) is 6.81. The van der Waals surface area contributed by atoms with Crippen molar-refractivity contribution in [1.29, 1.82) is 0 Å². The summed E-state index contributed by atoms with van der Waals surface area (Å²) in [5.74, 6) is 0. The van der Waals surface area contributed by atoms with E-state index in [-0.39, 0.29) is 6.61 Å². The van der Waals surface area contributed by atoms with Crippen molar-refractivity contribution in [2.75, 3.05) is 6.61 Å². The van der Waals surface area contributed by atoms with Crippen LogP contribution in [0.1, 0.15) is 5.69 Å². The molecular weight excluding hydrogens is 246 g/mol. The van der Waals surface area contributed by atoms with Crippen LogP contribution in [0.4, 0.5) is 0 Å². The molecule has 2 aromatic heterocycles. The van der Waals surface area contributed by atoms with Crippen molar-refractivity contribution in [2.45, 2.75) is 0 Å². The Bertz CT molecular complexity index is 478. The lowest BCUT2D eigenvalue weighted by atomic mass is 10.3. The predicted molar refractivity (Wildman–Crippen MR) is 56.8 cm³/mol. The van der Waals surface area contributed by atoms with Gasteiger partial charge in [-0.05, 0) is 28.1 Å². The molecule has 0 spiro atoms. The topological polar surface area (TPSA) is 50.4 Å². The average Bonchev–Trinajstić information content (AvgIpc) is 2.57. The van der Waals surface area contributed by atoms with Crippen LogP contribution in [-0.2, 0) is 0 Å². The van der Waals surface area contributed by atoms with Gasteiger partial charge in [0.1, 0.15) is 0 Å². The summed E-state index contributed by atoms with van der Waals surface area (Å²) in [5.41, 5.74) is 1.57. The Labute approximate surface area is 89.0 Å². The summed E-state index contributed by atoms with van der Waals surface area (Å²) in [5, 5.41) is 12.7. The fourth-order valence-electron chi connectivity index (χ4n) is 1.12. The first-order valence-electron chi connectivity index (χ1n) is 4.08. The van der Waals surface area contributed by atoms with E-state index in [9.17, 15) is 0 Å². The third kappa shape index (κ3) is 1.69. The number of aliphatic hydroxyl groups excluding tert-OH is 1. The maximum Gasteiger partial charge on any atom is 0.169 e. The summed E-state index contributed by atoms with van der Waals surface area (Å²) in [6.07, 6.45) is 6.93. The van der Waals surface area contributed by atoms with Gasteiger partial charge in [0.25, 0.3) is 0 Å². The van der Waals surface area contributed by atoms with Gasteiger partial charge in [-0.25, -0.2) is 9.50 Å². The van der Waals surface area contributed by atoms with Gasteiger partial charge >= 0.3 is 0 Å². The minimum atomic E-state index is 0.0211. The van der Waals surface area contributed by atoms with Crippen molar-refractivity contribution in [2.24, 2.45) is 0 Å². The summed E-state index contributed by atoms with van der Waals surface area (Å²) < 4.78 is 2.54. The monoisotopic (exact) mass is 253 g/mol. The zero-order chi connectivity index (χ0) is 9.97. The molecule has 0 aromatic carbocycles. The number of aliphatic hydroxyl groups is 1. The van der Waals surface area contributed by atoms with Crippen LogP contribution in [0.2, 0.25) is 0 Å². The molecule has 0 bridgehead atoms. The zero-order valence-corrected chi connectivity index (χ0v) is 8.85. The molecule has 0 unspecified atom stereocenters. The normalized spacial score (nSPS) is 11.6. The van der Waals surface area contributed by atoms with E-state index in [4.69, 9.17) is 5.11 Å². The molecule has 4 nitrogen and oxygen atoms in total. The largest absolute Gasteiger partial charge is 0.392 e. The molecular formula is C9H8BrN3O. The SMILES string of the molecule is OC/C=C/c1ccn2ncc(Br)c2n1. The molecule has 0 saturated heterocycles. The van der Waals surface area contributed by atoms with E-state index in [0.29, 0.717) is 0 Å². The van der Waals surface area contributed by atoms with Crippen LogP contribution in [0.15, 0.2) is 29.0 Å². The van der Waals surface area contributed by atoms with E-state index in [1.54, 1.807) is 22.9 Å². The summed E-state index contributed by atoms with van der Waals surface area (Å²) in [7, 11) is 0. The fourth-order valence-corrected chi connectivity index (χ4v) is 1.48. The third-order valence-corrected chi connectivity index (χ3v) is 2.30. The van der Waals surface area contributed by atoms with E-state index >= 15 is 0 Å². The average molecular weight is 254 g/mol. The molecule has 0 radical (unpaired) electrons. The van der Waals surface area contributed by atoms with Gasteiger partial charge in [0.15, 0.2) is 5.65 Å². The molecule has 0 atom stereocenters. The standard InChI is InChI=1S/C9H8BrN3O/c10-8-6-11-13-4-3-7(2-1-5-14)12-9(8)13/h1-4,6,14H,5H2/b2-1+. The highest BCUT2D eigenvalue weighted by molar-refractivity contribution is 9.10. The van der Waals surface area contributed by atoms with Crippen LogP contribution in [0, 0.1) is 0 Å². The Morgan fingerprint density at radius 3 is 3.21 bits per heavy atom. The Hall–Kier alpha value is -1.20. The smallest absolute Gasteiger partial charge is 0.169 e. The minimum Gasteiger partial charge on any atom is -0.392 e. The van der Waals surface area contributed by atoms with Crippen LogP contribution in [0.3, 0.4) is 0 Å². The van der Waals surface area contributed by atoms with Gasteiger partial charge in [0, 0.05) is 6.20 Å². The second-order valence-corrected chi connectivity index (χ2v) is 3.55. The lowest BCUT2D eigenvalue weighted by molar-refractivity contribution is 0.343. The van der Waals surface area contributed by atoms with Crippen LogP contribution in [-0.4, -0.2) is 26.3 Å². The first kappa shape index (κ1) is 9.36. The molecule has 72 valence electrons. The van der Waals surface area contributed by atoms with Crippen molar-refractivity contribution in [3.8, 4) is 0 Å². The second kappa shape index (κ2) is 3.89. The van der Waals surface area contributed by atoms with Crippen LogP contribution in [0.5, 0.6) is 0 Å². The van der Waals surface area contributed by atoms with Crippen LogP contribution < -0.4 is 0 Å². The van der Waals surface area contributed by atoms with Crippen LogP contribution >= 0.6 is 15.9 Å². The van der Waals surface area contributed by atoms with Gasteiger partial charge in [-0.1, -0.05) is 6.08 Å². The Morgan fingerprint density at radius 2 is 2.43 bits per heavy atom. The Kier molecular flexibility index (Phi) is 2.60. The highest BCUT2D eigenvalue weighted by Gasteiger charge is 2.01. The summed E-state index contributed by atoms with van der Waals surface area (Å²) >= 11 is 3.35. The number of hydrogen-bond acceptors (Lipinski definition) is 3. The first-order valence-corrected chi connectivity index (χ1v) is 4.88. The molecule has 14 heavy (non-hydrogen) atoms. The van der Waals surface area contributed by atoms with E-state index in [0.717, 1.165) is 15.8 Å². The summed E-state index contributed by atoms with van der Waals surface area (Å²) in [6.45, 7) is 0.0211. The minimum absolute atomic E-state index is 0.0211. The van der Waals surface area contributed by atoms with E-state index in [1.807, 2.05) is 12.3 Å². The molecule has 0 aliphatic rings. The maximum absolute atomic E-state index is 8.61. The fraction of sp³-hybridized carbons (Fsp3) is 0.111. The number of halogens is 1. The van der Waals surface area contributed by atoms with Crippen molar-refractivity contribution < 1.29 is 5.11 Å². The molecule has 2 aromatic rings. The van der Waals surface area contributed by atoms with Crippen molar-refractivity contribution in [1.82, 2.24) is 14.6 Å². The summed E-state index contributed by atoms with van der Waals surface area (Å²) in [6, 6.07) is 1.83. The quantitative estimate of drug-likeness (QED) is 0.883. The molecule has 0 amide bonds. The molecule has 5 heteroatoms. The van der Waals surface area contributed by atoms with Crippen LogP contribution in [0.25, 0.3) is 11.7 Å². The number of fused-ring (bicyclic) bond motifs is 1. The summed E-state index contributed by atoms with van der Waals surface area (Å²) in [4.78, 5) is 4.33. The van der Waals surface area contributed by atoms with Gasteiger partial charge in [0.05, 0.1) is 23.0 Å². The van der Waals surface area contributed by atoms with Crippen molar-refractivity contribution in [3.63, 3.8) is 0 Å². The van der Waals surface area contributed by atoms with Crippen molar-refractivity contribution in [3.05, 3.63) is 34.7 Å². The molecule has 0 aliphatic heterocycles.